The molecule has 4 heteroatoms. The Morgan fingerprint density at radius 1 is 1.11 bits per heavy atom. The number of carbonyl (C=O) groups is 2. The molecule has 1 amide bonds. The van der Waals surface area contributed by atoms with Crippen LogP contribution in [0.1, 0.15) is 72.1 Å². The molecule has 112 valence electrons. The second-order valence-corrected chi connectivity index (χ2v) is 5.09. The van der Waals surface area contributed by atoms with Crippen LogP contribution in [0.3, 0.4) is 0 Å². The number of esters is 1. The van der Waals surface area contributed by atoms with Crippen molar-refractivity contribution in [3.63, 3.8) is 0 Å². The third kappa shape index (κ3) is 13.2. The fourth-order valence-corrected chi connectivity index (χ4v) is 1.86. The minimum Gasteiger partial charge on any atom is -0.463 e. The van der Waals surface area contributed by atoms with Gasteiger partial charge in [0.05, 0.1) is 6.10 Å². The quantitative estimate of drug-likeness (QED) is 0.464. The molecule has 0 spiro atoms. The van der Waals surface area contributed by atoms with Crippen LogP contribution in [0.2, 0.25) is 0 Å². The Balaban J connectivity index is 3.40. The highest BCUT2D eigenvalue weighted by Crippen LogP contribution is 2.08. The molecule has 1 atom stereocenters. The number of rotatable bonds is 11. The lowest BCUT2D eigenvalue weighted by Crippen LogP contribution is -2.20. The minimum atomic E-state index is -0.0940. The Morgan fingerprint density at radius 2 is 1.84 bits per heavy atom. The highest BCUT2D eigenvalue weighted by molar-refractivity contribution is 5.72. The standard InChI is InChI=1S/C15H29NO3/c1-4-5-7-10-13(2)19-15(18)11-8-6-9-12-16-14(3)17/h13H,4-12H2,1-3H3,(H,16,17). The molecule has 0 bridgehead atoms. The SMILES string of the molecule is CCCCCC(C)OC(=O)CCCCCNC(C)=O. The maximum Gasteiger partial charge on any atom is 0.306 e. The van der Waals surface area contributed by atoms with Gasteiger partial charge in [-0.3, -0.25) is 9.59 Å². The largest absolute Gasteiger partial charge is 0.463 e. The fraction of sp³-hybridized carbons (Fsp3) is 0.867. The summed E-state index contributed by atoms with van der Waals surface area (Å²) in [5.74, 6) is -0.0937. The van der Waals surface area contributed by atoms with Crippen LogP contribution in [0, 0.1) is 0 Å². The maximum atomic E-state index is 11.5. The van der Waals surface area contributed by atoms with Gasteiger partial charge in [-0.1, -0.05) is 26.2 Å². The Hall–Kier alpha value is -1.06. The summed E-state index contributed by atoms with van der Waals surface area (Å²) in [6.07, 6.45) is 7.69. The van der Waals surface area contributed by atoms with Crippen molar-refractivity contribution in [3.8, 4) is 0 Å². The number of nitrogens with one attached hydrogen (secondary N) is 1. The molecule has 1 N–H and O–H groups in total. The number of hydrogen-bond acceptors (Lipinski definition) is 3. The summed E-state index contributed by atoms with van der Waals surface area (Å²) < 4.78 is 5.33. The van der Waals surface area contributed by atoms with E-state index in [0.717, 1.165) is 32.1 Å². The monoisotopic (exact) mass is 271 g/mol. The van der Waals surface area contributed by atoms with Crippen molar-refractivity contribution in [1.82, 2.24) is 5.32 Å². The lowest BCUT2D eigenvalue weighted by molar-refractivity contribution is -0.148. The average molecular weight is 271 g/mol. The molecule has 0 heterocycles. The molecule has 1 unspecified atom stereocenters. The Morgan fingerprint density at radius 3 is 2.47 bits per heavy atom. The number of unbranched alkanes of at least 4 members (excludes halogenated alkanes) is 4. The van der Waals surface area contributed by atoms with Gasteiger partial charge in [-0.25, -0.2) is 0 Å². The lowest BCUT2D eigenvalue weighted by atomic mass is 10.1. The normalized spacial score (nSPS) is 11.9. The van der Waals surface area contributed by atoms with E-state index in [1.807, 2.05) is 6.92 Å². The molecule has 0 aliphatic rings. The van der Waals surface area contributed by atoms with E-state index in [-0.39, 0.29) is 18.0 Å². The molecule has 0 radical (unpaired) electrons. The predicted octanol–water partition coefficient (Wildman–Crippen LogP) is 3.19. The zero-order chi connectivity index (χ0) is 14.5. The molecular formula is C15H29NO3. The molecule has 0 aliphatic heterocycles. The van der Waals surface area contributed by atoms with E-state index in [0.29, 0.717) is 13.0 Å². The van der Waals surface area contributed by atoms with Gasteiger partial charge < -0.3 is 10.1 Å². The van der Waals surface area contributed by atoms with Crippen molar-refractivity contribution in [3.05, 3.63) is 0 Å². The van der Waals surface area contributed by atoms with Gasteiger partial charge in [-0.15, -0.1) is 0 Å². The minimum absolute atomic E-state index is 0.000291. The van der Waals surface area contributed by atoms with E-state index in [1.165, 1.54) is 19.8 Å². The second-order valence-electron chi connectivity index (χ2n) is 5.09. The van der Waals surface area contributed by atoms with Crippen LogP contribution >= 0.6 is 0 Å². The smallest absolute Gasteiger partial charge is 0.306 e. The van der Waals surface area contributed by atoms with Crippen LogP contribution in [0.4, 0.5) is 0 Å². The molecule has 4 nitrogen and oxygen atoms in total. The molecule has 0 aliphatic carbocycles. The van der Waals surface area contributed by atoms with Crippen molar-refractivity contribution in [1.29, 1.82) is 0 Å². The van der Waals surface area contributed by atoms with Crippen molar-refractivity contribution < 1.29 is 14.3 Å². The van der Waals surface area contributed by atoms with Gasteiger partial charge >= 0.3 is 5.97 Å². The first-order chi connectivity index (χ1) is 9.06. The Kier molecular flexibility index (Phi) is 11.3. The van der Waals surface area contributed by atoms with Gasteiger partial charge in [-0.2, -0.15) is 0 Å². The third-order valence-electron chi connectivity index (χ3n) is 2.98. The van der Waals surface area contributed by atoms with E-state index < -0.39 is 0 Å². The van der Waals surface area contributed by atoms with Crippen molar-refractivity contribution in [2.75, 3.05) is 6.54 Å². The summed E-state index contributed by atoms with van der Waals surface area (Å²) in [6.45, 7) is 6.33. The molecule has 0 saturated carbocycles. The maximum absolute atomic E-state index is 11.5. The molecule has 19 heavy (non-hydrogen) atoms. The molecule has 0 aromatic rings. The zero-order valence-electron chi connectivity index (χ0n) is 12.7. The third-order valence-corrected chi connectivity index (χ3v) is 2.98. The van der Waals surface area contributed by atoms with E-state index in [4.69, 9.17) is 4.74 Å². The topological polar surface area (TPSA) is 55.4 Å². The van der Waals surface area contributed by atoms with Crippen LogP contribution in [0.25, 0.3) is 0 Å². The van der Waals surface area contributed by atoms with Crippen molar-refractivity contribution in [2.24, 2.45) is 0 Å². The van der Waals surface area contributed by atoms with Crippen LogP contribution in [-0.2, 0) is 14.3 Å². The number of ether oxygens (including phenoxy) is 1. The zero-order valence-corrected chi connectivity index (χ0v) is 12.7. The van der Waals surface area contributed by atoms with Crippen LogP contribution in [0.15, 0.2) is 0 Å². The van der Waals surface area contributed by atoms with Crippen molar-refractivity contribution in [2.45, 2.75) is 78.2 Å². The molecular weight excluding hydrogens is 242 g/mol. The van der Waals surface area contributed by atoms with E-state index in [2.05, 4.69) is 12.2 Å². The van der Waals surface area contributed by atoms with E-state index >= 15 is 0 Å². The van der Waals surface area contributed by atoms with Crippen LogP contribution < -0.4 is 5.32 Å². The Labute approximate surface area is 117 Å². The van der Waals surface area contributed by atoms with Gasteiger partial charge in [0.25, 0.3) is 0 Å². The average Bonchev–Trinajstić information content (AvgIpc) is 2.33. The highest BCUT2D eigenvalue weighted by Gasteiger charge is 2.08. The van der Waals surface area contributed by atoms with Crippen molar-refractivity contribution >= 4 is 11.9 Å². The van der Waals surface area contributed by atoms with Gasteiger partial charge in [-0.05, 0) is 32.6 Å². The first kappa shape index (κ1) is 17.9. The Bertz CT molecular complexity index is 254. The summed E-state index contributed by atoms with van der Waals surface area (Å²) in [4.78, 5) is 22.2. The van der Waals surface area contributed by atoms with Crippen LogP contribution in [0.5, 0.6) is 0 Å². The molecule has 0 aromatic heterocycles. The van der Waals surface area contributed by atoms with Gasteiger partial charge in [0, 0.05) is 19.9 Å². The summed E-state index contributed by atoms with van der Waals surface area (Å²) in [6, 6.07) is 0. The second kappa shape index (κ2) is 12.0. The van der Waals surface area contributed by atoms with Gasteiger partial charge in [0.15, 0.2) is 0 Å². The number of hydrogen-bond donors (Lipinski definition) is 1. The summed E-state index contributed by atoms with van der Waals surface area (Å²) >= 11 is 0. The van der Waals surface area contributed by atoms with E-state index in [9.17, 15) is 9.59 Å². The molecule has 0 fully saturated rings. The first-order valence-electron chi connectivity index (χ1n) is 7.50. The molecule has 0 aromatic carbocycles. The lowest BCUT2D eigenvalue weighted by Gasteiger charge is -2.12. The molecule has 0 saturated heterocycles. The first-order valence-corrected chi connectivity index (χ1v) is 7.50. The van der Waals surface area contributed by atoms with Gasteiger partial charge in [0.2, 0.25) is 5.91 Å². The summed E-state index contributed by atoms with van der Waals surface area (Å²) in [5.41, 5.74) is 0. The fourth-order valence-electron chi connectivity index (χ4n) is 1.86. The summed E-state index contributed by atoms with van der Waals surface area (Å²) in [7, 11) is 0. The number of carbonyl (C=O) groups excluding carboxylic acids is 2. The van der Waals surface area contributed by atoms with Gasteiger partial charge in [0.1, 0.15) is 0 Å². The highest BCUT2D eigenvalue weighted by atomic mass is 16.5. The van der Waals surface area contributed by atoms with E-state index in [1.54, 1.807) is 0 Å². The van der Waals surface area contributed by atoms with Crippen LogP contribution in [-0.4, -0.2) is 24.5 Å². The predicted molar refractivity (Wildman–Crippen MR) is 76.8 cm³/mol. The summed E-state index contributed by atoms with van der Waals surface area (Å²) in [5, 5.41) is 2.74. The molecule has 0 rings (SSSR count). The number of amides is 1.